The number of aryl methyl sites for hydroxylation is 1. The van der Waals surface area contributed by atoms with Crippen molar-refractivity contribution in [3.8, 4) is 5.75 Å². The number of rotatable bonds is 4. The van der Waals surface area contributed by atoms with Crippen molar-refractivity contribution in [1.29, 1.82) is 0 Å². The number of nitrogens with zero attached hydrogens (tertiary/aromatic N) is 1. The van der Waals surface area contributed by atoms with E-state index < -0.39 is 10.2 Å². The molecule has 8 heteroatoms. The second kappa shape index (κ2) is 6.30. The molecule has 2 rings (SSSR count). The number of anilines is 1. The molecule has 2 N–H and O–H groups in total. The molecule has 0 atom stereocenters. The predicted octanol–water partition coefficient (Wildman–Crippen LogP) is 1.33. The van der Waals surface area contributed by atoms with E-state index in [-0.39, 0.29) is 0 Å². The van der Waals surface area contributed by atoms with Crippen LogP contribution in [0.2, 0.25) is 0 Å². The molecule has 0 unspecified atom stereocenters. The zero-order valence-corrected chi connectivity index (χ0v) is 13.8. The lowest BCUT2D eigenvalue weighted by molar-refractivity contribution is 0.362. The molecule has 1 aliphatic heterocycles. The number of ether oxygens (including phenoxy) is 1. The highest BCUT2D eigenvalue weighted by Crippen LogP contribution is 2.33. The number of piperazine rings is 1. The molecule has 0 bridgehead atoms. The Morgan fingerprint density at radius 1 is 1.35 bits per heavy atom. The van der Waals surface area contributed by atoms with Gasteiger partial charge in [0.15, 0.2) is 0 Å². The smallest absolute Gasteiger partial charge is 0.301 e. The van der Waals surface area contributed by atoms with E-state index in [2.05, 4.69) is 26.0 Å². The van der Waals surface area contributed by atoms with Crippen LogP contribution in [0.5, 0.6) is 5.75 Å². The molecule has 0 aliphatic carbocycles. The van der Waals surface area contributed by atoms with Crippen molar-refractivity contribution in [1.82, 2.24) is 9.62 Å². The summed E-state index contributed by atoms with van der Waals surface area (Å²) >= 11 is 3.37. The van der Waals surface area contributed by atoms with E-state index in [4.69, 9.17) is 4.74 Å². The first kappa shape index (κ1) is 15.6. The van der Waals surface area contributed by atoms with Gasteiger partial charge in [0.25, 0.3) is 0 Å². The maximum atomic E-state index is 12.4. The Kier molecular flexibility index (Phi) is 4.90. The largest absolute Gasteiger partial charge is 0.495 e. The van der Waals surface area contributed by atoms with Crippen LogP contribution in [0, 0.1) is 6.92 Å². The molecule has 0 aromatic heterocycles. The van der Waals surface area contributed by atoms with Crippen LogP contribution in [-0.2, 0) is 10.2 Å². The van der Waals surface area contributed by atoms with Crippen LogP contribution in [0.4, 0.5) is 5.69 Å². The molecule has 20 heavy (non-hydrogen) atoms. The first-order valence-electron chi connectivity index (χ1n) is 6.27. The fourth-order valence-electron chi connectivity index (χ4n) is 2.08. The zero-order chi connectivity index (χ0) is 14.8. The van der Waals surface area contributed by atoms with Crippen molar-refractivity contribution in [3.63, 3.8) is 0 Å². The molecular weight excluding hydrogens is 346 g/mol. The lowest BCUT2D eigenvalue weighted by Crippen LogP contribution is -2.48. The first-order valence-corrected chi connectivity index (χ1v) is 8.50. The molecule has 1 fully saturated rings. The summed E-state index contributed by atoms with van der Waals surface area (Å²) in [5.41, 5.74) is 1.28. The average Bonchev–Trinajstić information content (AvgIpc) is 2.42. The molecule has 1 saturated heterocycles. The molecular formula is C12H18BrN3O3S. The minimum atomic E-state index is -3.56. The molecule has 0 spiro atoms. The number of nitrogens with one attached hydrogen (secondary N) is 2. The summed E-state index contributed by atoms with van der Waals surface area (Å²) in [5.74, 6) is 0.496. The summed E-state index contributed by atoms with van der Waals surface area (Å²) in [7, 11) is -2.04. The summed E-state index contributed by atoms with van der Waals surface area (Å²) < 4.78 is 34.9. The molecule has 112 valence electrons. The Labute approximate surface area is 127 Å². The fourth-order valence-corrected chi connectivity index (χ4v) is 3.95. The quantitative estimate of drug-likeness (QED) is 0.846. The van der Waals surface area contributed by atoms with E-state index in [1.807, 2.05) is 13.0 Å². The van der Waals surface area contributed by atoms with Gasteiger partial charge in [-0.05, 0) is 24.6 Å². The third-order valence-corrected chi connectivity index (χ3v) is 5.10. The van der Waals surface area contributed by atoms with Crippen molar-refractivity contribution in [2.45, 2.75) is 6.92 Å². The number of methoxy groups -OCH3 is 1. The van der Waals surface area contributed by atoms with Gasteiger partial charge in [-0.25, -0.2) is 0 Å². The second-order valence-electron chi connectivity index (χ2n) is 4.56. The maximum Gasteiger partial charge on any atom is 0.301 e. The van der Waals surface area contributed by atoms with Crippen molar-refractivity contribution >= 4 is 31.8 Å². The highest BCUT2D eigenvalue weighted by molar-refractivity contribution is 9.10. The van der Waals surface area contributed by atoms with Crippen molar-refractivity contribution in [2.75, 3.05) is 38.0 Å². The minimum absolute atomic E-state index is 0.466. The Balaban J connectivity index is 2.29. The van der Waals surface area contributed by atoms with Crippen LogP contribution in [0.1, 0.15) is 5.56 Å². The molecule has 1 aromatic rings. The van der Waals surface area contributed by atoms with E-state index in [0.717, 1.165) is 10.0 Å². The van der Waals surface area contributed by atoms with E-state index in [1.54, 1.807) is 6.07 Å². The second-order valence-corrected chi connectivity index (χ2v) is 7.14. The third-order valence-electron chi connectivity index (χ3n) is 3.13. The van der Waals surface area contributed by atoms with Gasteiger partial charge in [-0.2, -0.15) is 12.7 Å². The Bertz CT molecular complexity index is 586. The predicted molar refractivity (Wildman–Crippen MR) is 82.4 cm³/mol. The van der Waals surface area contributed by atoms with Crippen molar-refractivity contribution in [2.24, 2.45) is 0 Å². The average molecular weight is 364 g/mol. The summed E-state index contributed by atoms with van der Waals surface area (Å²) in [6.45, 7) is 4.10. The number of hydrogen-bond acceptors (Lipinski definition) is 4. The standard InChI is InChI=1S/C12H18BrN3O3S/c1-9-7-10(13)8-11(19-2)12(9)15-20(17,18)16-5-3-14-4-6-16/h7-8,14-15H,3-6H2,1-2H3. The van der Waals surface area contributed by atoms with Crippen LogP contribution >= 0.6 is 15.9 Å². The topological polar surface area (TPSA) is 70.7 Å². The van der Waals surface area contributed by atoms with Crippen molar-refractivity contribution < 1.29 is 13.2 Å². The minimum Gasteiger partial charge on any atom is -0.495 e. The van der Waals surface area contributed by atoms with Gasteiger partial charge in [0.2, 0.25) is 0 Å². The highest BCUT2D eigenvalue weighted by Gasteiger charge is 2.25. The van der Waals surface area contributed by atoms with Gasteiger partial charge in [-0.15, -0.1) is 0 Å². The molecule has 6 nitrogen and oxygen atoms in total. The highest BCUT2D eigenvalue weighted by atomic mass is 79.9. The van der Waals surface area contributed by atoms with E-state index in [9.17, 15) is 8.42 Å². The van der Waals surface area contributed by atoms with Crippen LogP contribution < -0.4 is 14.8 Å². The molecule has 1 aliphatic rings. The van der Waals surface area contributed by atoms with Crippen LogP contribution in [0.15, 0.2) is 16.6 Å². The van der Waals surface area contributed by atoms with Gasteiger partial charge in [-0.1, -0.05) is 15.9 Å². The van der Waals surface area contributed by atoms with Gasteiger partial charge in [0.05, 0.1) is 12.8 Å². The van der Waals surface area contributed by atoms with Crippen LogP contribution in [0.3, 0.4) is 0 Å². The van der Waals surface area contributed by atoms with Gasteiger partial charge in [-0.3, -0.25) is 4.72 Å². The lowest BCUT2D eigenvalue weighted by atomic mass is 10.2. The Morgan fingerprint density at radius 2 is 2.00 bits per heavy atom. The fraction of sp³-hybridized carbons (Fsp3) is 0.500. The summed E-state index contributed by atoms with van der Waals surface area (Å²) in [6.07, 6.45) is 0. The normalized spacial score (nSPS) is 16.9. The summed E-state index contributed by atoms with van der Waals surface area (Å²) in [5, 5.41) is 3.13. The first-order chi connectivity index (χ1) is 9.44. The van der Waals surface area contributed by atoms with Crippen molar-refractivity contribution in [3.05, 3.63) is 22.2 Å². The molecule has 0 saturated carbocycles. The Morgan fingerprint density at radius 3 is 2.60 bits per heavy atom. The number of hydrogen-bond donors (Lipinski definition) is 2. The van der Waals surface area contributed by atoms with E-state index in [1.165, 1.54) is 11.4 Å². The Hall–Kier alpha value is -0.830. The van der Waals surface area contributed by atoms with E-state index in [0.29, 0.717) is 37.6 Å². The van der Waals surface area contributed by atoms with Gasteiger partial charge < -0.3 is 10.1 Å². The summed E-state index contributed by atoms with van der Waals surface area (Å²) in [4.78, 5) is 0. The molecule has 1 heterocycles. The number of benzene rings is 1. The van der Waals surface area contributed by atoms with Gasteiger partial charge in [0, 0.05) is 30.7 Å². The monoisotopic (exact) mass is 363 g/mol. The molecule has 1 aromatic carbocycles. The van der Waals surface area contributed by atoms with Gasteiger partial charge in [0.1, 0.15) is 5.75 Å². The SMILES string of the molecule is COc1cc(Br)cc(C)c1NS(=O)(=O)N1CCNCC1. The maximum absolute atomic E-state index is 12.4. The summed E-state index contributed by atoms with van der Waals surface area (Å²) in [6, 6.07) is 3.58. The lowest BCUT2D eigenvalue weighted by Gasteiger charge is -2.27. The number of halogens is 1. The van der Waals surface area contributed by atoms with Gasteiger partial charge >= 0.3 is 10.2 Å². The zero-order valence-electron chi connectivity index (χ0n) is 11.4. The third kappa shape index (κ3) is 3.43. The van der Waals surface area contributed by atoms with Crippen LogP contribution in [0.25, 0.3) is 0 Å². The molecule has 0 radical (unpaired) electrons. The van der Waals surface area contributed by atoms with Crippen LogP contribution in [-0.4, -0.2) is 46.0 Å². The molecule has 0 amide bonds. The van der Waals surface area contributed by atoms with E-state index >= 15 is 0 Å².